The van der Waals surface area contributed by atoms with E-state index in [0.717, 1.165) is 49.0 Å². The van der Waals surface area contributed by atoms with Crippen molar-refractivity contribution < 1.29 is 4.74 Å². The van der Waals surface area contributed by atoms with Gasteiger partial charge in [-0.2, -0.15) is 0 Å². The predicted octanol–water partition coefficient (Wildman–Crippen LogP) is 4.74. The molecule has 1 aliphatic carbocycles. The van der Waals surface area contributed by atoms with Crippen LogP contribution in [0.5, 0.6) is 0 Å². The molecule has 3 heteroatoms. The van der Waals surface area contributed by atoms with Gasteiger partial charge in [0.05, 0.1) is 0 Å². The van der Waals surface area contributed by atoms with Crippen LogP contribution in [0.4, 0.5) is 0 Å². The molecule has 2 nitrogen and oxygen atoms in total. The van der Waals surface area contributed by atoms with Crippen molar-refractivity contribution in [1.82, 2.24) is 5.32 Å². The molecule has 0 aromatic heterocycles. The van der Waals surface area contributed by atoms with E-state index in [4.69, 9.17) is 4.74 Å². The Hall–Kier alpha value is -0.380. The molecule has 0 heterocycles. The molecule has 118 valence electrons. The zero-order chi connectivity index (χ0) is 15.1. The molecule has 1 unspecified atom stereocenters. The third-order valence-corrected chi connectivity index (χ3v) is 4.49. The molecule has 1 N–H and O–H groups in total. The molecule has 1 saturated carbocycles. The Bertz CT molecular complexity index is 417. The van der Waals surface area contributed by atoms with Crippen molar-refractivity contribution in [2.24, 2.45) is 5.92 Å². The highest BCUT2D eigenvalue weighted by atomic mass is 79.9. The Kier molecular flexibility index (Phi) is 7.21. The first kappa shape index (κ1) is 17.0. The van der Waals surface area contributed by atoms with E-state index in [1.165, 1.54) is 18.4 Å². The van der Waals surface area contributed by atoms with Crippen LogP contribution in [0.15, 0.2) is 28.7 Å². The largest absolute Gasteiger partial charge is 0.381 e. The van der Waals surface area contributed by atoms with E-state index in [0.29, 0.717) is 5.92 Å². The highest BCUT2D eigenvalue weighted by Gasteiger charge is 2.22. The van der Waals surface area contributed by atoms with Gasteiger partial charge in [-0.1, -0.05) is 41.9 Å². The Balaban J connectivity index is 1.80. The minimum absolute atomic E-state index is 0.544. The van der Waals surface area contributed by atoms with Crippen molar-refractivity contribution in [2.75, 3.05) is 19.8 Å². The Morgan fingerprint density at radius 3 is 2.67 bits per heavy atom. The quantitative estimate of drug-likeness (QED) is 0.613. The first-order valence-electron chi connectivity index (χ1n) is 8.21. The topological polar surface area (TPSA) is 21.3 Å². The highest BCUT2D eigenvalue weighted by molar-refractivity contribution is 9.10. The van der Waals surface area contributed by atoms with Crippen LogP contribution in [0.2, 0.25) is 0 Å². The van der Waals surface area contributed by atoms with Crippen LogP contribution in [-0.4, -0.2) is 25.8 Å². The van der Waals surface area contributed by atoms with E-state index < -0.39 is 0 Å². The molecule has 1 aliphatic rings. The monoisotopic (exact) mass is 353 g/mol. The molecule has 1 aromatic carbocycles. The van der Waals surface area contributed by atoms with Crippen molar-refractivity contribution in [2.45, 2.75) is 51.5 Å². The number of ether oxygens (including phenoxy) is 1. The molecule has 0 spiro atoms. The molecule has 0 saturated heterocycles. The molecule has 2 rings (SSSR count). The summed E-state index contributed by atoms with van der Waals surface area (Å²) < 4.78 is 6.97. The van der Waals surface area contributed by atoms with Crippen LogP contribution in [0.25, 0.3) is 0 Å². The van der Waals surface area contributed by atoms with Gasteiger partial charge in [0, 0.05) is 30.3 Å². The van der Waals surface area contributed by atoms with E-state index in [9.17, 15) is 0 Å². The minimum atomic E-state index is 0.544. The Labute approximate surface area is 137 Å². The van der Waals surface area contributed by atoms with Gasteiger partial charge < -0.3 is 10.1 Å². The van der Waals surface area contributed by atoms with Crippen molar-refractivity contribution in [3.63, 3.8) is 0 Å². The molecule has 0 bridgehead atoms. The van der Waals surface area contributed by atoms with Gasteiger partial charge in [-0.05, 0) is 55.2 Å². The van der Waals surface area contributed by atoms with Gasteiger partial charge in [0.25, 0.3) is 0 Å². The zero-order valence-corrected chi connectivity index (χ0v) is 14.9. The van der Waals surface area contributed by atoms with Gasteiger partial charge in [0.1, 0.15) is 0 Å². The number of nitrogens with one attached hydrogen (secondary N) is 1. The zero-order valence-electron chi connectivity index (χ0n) is 13.3. The number of benzene rings is 1. The summed E-state index contributed by atoms with van der Waals surface area (Å²) in [6, 6.07) is 9.46. The fraction of sp³-hybridized carbons (Fsp3) is 0.667. The number of rotatable bonds is 10. The van der Waals surface area contributed by atoms with Gasteiger partial charge in [-0.15, -0.1) is 0 Å². The summed E-state index contributed by atoms with van der Waals surface area (Å²) in [7, 11) is 0. The minimum Gasteiger partial charge on any atom is -0.381 e. The second kappa shape index (κ2) is 8.92. The lowest BCUT2D eigenvalue weighted by Crippen LogP contribution is -2.24. The van der Waals surface area contributed by atoms with E-state index in [1.54, 1.807) is 0 Å². The van der Waals surface area contributed by atoms with Crippen LogP contribution in [0.3, 0.4) is 0 Å². The van der Waals surface area contributed by atoms with Gasteiger partial charge in [0.2, 0.25) is 0 Å². The number of hydrogen-bond donors (Lipinski definition) is 1. The number of halogens is 1. The van der Waals surface area contributed by atoms with Crippen LogP contribution in [0, 0.1) is 5.92 Å². The van der Waals surface area contributed by atoms with Gasteiger partial charge in [0.15, 0.2) is 0 Å². The average Bonchev–Trinajstić information content (AvgIpc) is 3.25. The Morgan fingerprint density at radius 1 is 1.24 bits per heavy atom. The maximum Gasteiger partial charge on any atom is 0.0472 e. The fourth-order valence-corrected chi connectivity index (χ4v) is 2.81. The standard InChI is InChI=1S/C18H28BrNO/c1-14(2)8-10-21-11-9-16(13-20-18-6-7-18)15-4-3-5-17(19)12-15/h3-5,12,14,16,18,20H,6-11,13H2,1-2H3. The smallest absolute Gasteiger partial charge is 0.0472 e. The lowest BCUT2D eigenvalue weighted by Gasteiger charge is -2.19. The maximum absolute atomic E-state index is 5.81. The third-order valence-electron chi connectivity index (χ3n) is 4.00. The SMILES string of the molecule is CC(C)CCOCCC(CNC1CC1)c1cccc(Br)c1. The highest BCUT2D eigenvalue weighted by Crippen LogP contribution is 2.25. The molecule has 1 aromatic rings. The van der Waals surface area contributed by atoms with Gasteiger partial charge in [-0.3, -0.25) is 0 Å². The summed E-state index contributed by atoms with van der Waals surface area (Å²) >= 11 is 3.58. The molecule has 1 atom stereocenters. The Morgan fingerprint density at radius 2 is 2.00 bits per heavy atom. The number of hydrogen-bond acceptors (Lipinski definition) is 2. The normalized spacial score (nSPS) is 16.4. The van der Waals surface area contributed by atoms with Crippen molar-refractivity contribution in [3.8, 4) is 0 Å². The summed E-state index contributed by atoms with van der Waals surface area (Å²) in [5.41, 5.74) is 1.41. The van der Waals surface area contributed by atoms with E-state index in [2.05, 4.69) is 59.4 Å². The predicted molar refractivity (Wildman–Crippen MR) is 92.8 cm³/mol. The summed E-state index contributed by atoms with van der Waals surface area (Å²) in [6.07, 6.45) is 4.93. The van der Waals surface area contributed by atoms with E-state index >= 15 is 0 Å². The average molecular weight is 354 g/mol. The third kappa shape index (κ3) is 6.94. The van der Waals surface area contributed by atoms with Gasteiger partial charge in [-0.25, -0.2) is 0 Å². The van der Waals surface area contributed by atoms with Crippen LogP contribution in [0.1, 0.15) is 51.0 Å². The second-order valence-electron chi connectivity index (χ2n) is 6.52. The molecular weight excluding hydrogens is 326 g/mol. The molecule has 0 radical (unpaired) electrons. The fourth-order valence-electron chi connectivity index (χ4n) is 2.39. The molecule has 0 aliphatic heterocycles. The summed E-state index contributed by atoms with van der Waals surface area (Å²) in [6.45, 7) is 7.30. The summed E-state index contributed by atoms with van der Waals surface area (Å²) in [5.74, 6) is 1.27. The van der Waals surface area contributed by atoms with Crippen molar-refractivity contribution in [1.29, 1.82) is 0 Å². The first-order valence-corrected chi connectivity index (χ1v) is 9.01. The van der Waals surface area contributed by atoms with Crippen molar-refractivity contribution in [3.05, 3.63) is 34.3 Å². The summed E-state index contributed by atoms with van der Waals surface area (Å²) in [4.78, 5) is 0. The molecular formula is C18H28BrNO. The first-order chi connectivity index (χ1) is 10.1. The lowest BCUT2D eigenvalue weighted by molar-refractivity contribution is 0.116. The van der Waals surface area contributed by atoms with Crippen molar-refractivity contribution >= 4 is 15.9 Å². The summed E-state index contributed by atoms with van der Waals surface area (Å²) in [5, 5.41) is 3.66. The van der Waals surface area contributed by atoms with E-state index in [-0.39, 0.29) is 0 Å². The lowest BCUT2D eigenvalue weighted by atomic mass is 9.96. The van der Waals surface area contributed by atoms with Crippen LogP contribution < -0.4 is 5.32 Å². The van der Waals surface area contributed by atoms with E-state index in [1.807, 2.05) is 0 Å². The second-order valence-corrected chi connectivity index (χ2v) is 7.43. The molecule has 21 heavy (non-hydrogen) atoms. The molecule has 0 amide bonds. The molecule has 1 fully saturated rings. The van der Waals surface area contributed by atoms with Crippen LogP contribution in [-0.2, 0) is 4.74 Å². The van der Waals surface area contributed by atoms with Gasteiger partial charge >= 0.3 is 0 Å². The van der Waals surface area contributed by atoms with Crippen LogP contribution >= 0.6 is 15.9 Å². The maximum atomic E-state index is 5.81.